The molecule has 15 heavy (non-hydrogen) atoms. The molecule has 1 rings (SSSR count). The molecular weight excluding hydrogens is 182 g/mol. The van der Waals surface area contributed by atoms with Crippen molar-refractivity contribution in [3.63, 3.8) is 0 Å². The van der Waals surface area contributed by atoms with Gasteiger partial charge in [0.2, 0.25) is 0 Å². The number of allylic oxidation sites excluding steroid dienone is 2. The van der Waals surface area contributed by atoms with Crippen LogP contribution in [0.25, 0.3) is 0 Å². The molecule has 1 nitrogen and oxygen atoms in total. The minimum Gasteiger partial charge on any atom is -0.378 e. The van der Waals surface area contributed by atoms with Crippen molar-refractivity contribution in [3.8, 4) is 0 Å². The standard InChI is InChI=1S/C14H27N/c1-6-11-15(5)13(14(2,3)4)10-9-12-7-8-12/h10,12H,6-9,11H2,1-5H3/b13-10-. The summed E-state index contributed by atoms with van der Waals surface area (Å²) in [6.07, 6.45) is 7.90. The van der Waals surface area contributed by atoms with Crippen molar-refractivity contribution in [2.75, 3.05) is 13.6 Å². The zero-order valence-electron chi connectivity index (χ0n) is 11.1. The van der Waals surface area contributed by atoms with E-state index in [0.29, 0.717) is 5.41 Å². The van der Waals surface area contributed by atoms with Crippen molar-refractivity contribution in [2.45, 2.75) is 53.4 Å². The van der Waals surface area contributed by atoms with Crippen molar-refractivity contribution in [1.29, 1.82) is 0 Å². The molecule has 0 radical (unpaired) electrons. The molecule has 0 atom stereocenters. The molecule has 1 fully saturated rings. The number of hydrogen-bond donors (Lipinski definition) is 0. The van der Waals surface area contributed by atoms with E-state index in [1.807, 2.05) is 0 Å². The minimum absolute atomic E-state index is 0.290. The second-order valence-electron chi connectivity index (χ2n) is 5.94. The number of nitrogens with zero attached hydrogens (tertiary/aromatic N) is 1. The van der Waals surface area contributed by atoms with Crippen LogP contribution in [0.3, 0.4) is 0 Å². The summed E-state index contributed by atoms with van der Waals surface area (Å²) in [4.78, 5) is 2.43. The van der Waals surface area contributed by atoms with Gasteiger partial charge in [0.15, 0.2) is 0 Å². The van der Waals surface area contributed by atoms with E-state index in [2.05, 4.69) is 45.7 Å². The summed E-state index contributed by atoms with van der Waals surface area (Å²) in [6, 6.07) is 0. The summed E-state index contributed by atoms with van der Waals surface area (Å²) in [5, 5.41) is 0. The Morgan fingerprint density at radius 3 is 2.33 bits per heavy atom. The van der Waals surface area contributed by atoms with Crippen LogP contribution in [-0.2, 0) is 0 Å². The summed E-state index contributed by atoms with van der Waals surface area (Å²) >= 11 is 0. The molecule has 0 heterocycles. The maximum absolute atomic E-state index is 2.48. The van der Waals surface area contributed by atoms with Crippen LogP contribution in [0.5, 0.6) is 0 Å². The average Bonchev–Trinajstić information content (AvgIpc) is 2.86. The van der Waals surface area contributed by atoms with Crippen LogP contribution < -0.4 is 0 Å². The van der Waals surface area contributed by atoms with Gasteiger partial charge in [-0.05, 0) is 31.6 Å². The fourth-order valence-electron chi connectivity index (χ4n) is 2.12. The molecule has 1 saturated carbocycles. The molecule has 0 aromatic rings. The molecule has 1 aliphatic rings. The van der Waals surface area contributed by atoms with Crippen LogP contribution in [0.1, 0.15) is 53.4 Å². The van der Waals surface area contributed by atoms with Crippen LogP contribution in [0.15, 0.2) is 11.8 Å². The molecule has 0 aromatic carbocycles. The Hall–Kier alpha value is -0.460. The Morgan fingerprint density at radius 2 is 1.93 bits per heavy atom. The van der Waals surface area contributed by atoms with E-state index < -0.39 is 0 Å². The monoisotopic (exact) mass is 209 g/mol. The van der Waals surface area contributed by atoms with Crippen molar-refractivity contribution < 1.29 is 0 Å². The molecule has 0 unspecified atom stereocenters. The van der Waals surface area contributed by atoms with Gasteiger partial charge in [0, 0.05) is 24.7 Å². The molecule has 0 spiro atoms. The lowest BCUT2D eigenvalue weighted by atomic mass is 9.90. The van der Waals surface area contributed by atoms with E-state index in [1.165, 1.54) is 37.9 Å². The van der Waals surface area contributed by atoms with Gasteiger partial charge in [0.25, 0.3) is 0 Å². The predicted octanol–water partition coefficient (Wildman–Crippen LogP) is 4.06. The van der Waals surface area contributed by atoms with Crippen molar-refractivity contribution in [2.24, 2.45) is 11.3 Å². The summed E-state index contributed by atoms with van der Waals surface area (Å²) in [5.41, 5.74) is 1.81. The van der Waals surface area contributed by atoms with Crippen molar-refractivity contribution in [1.82, 2.24) is 4.90 Å². The second-order valence-corrected chi connectivity index (χ2v) is 5.94. The summed E-state index contributed by atoms with van der Waals surface area (Å²) in [6.45, 7) is 10.4. The fourth-order valence-corrected chi connectivity index (χ4v) is 2.12. The predicted molar refractivity (Wildman–Crippen MR) is 67.8 cm³/mol. The van der Waals surface area contributed by atoms with Gasteiger partial charge in [0.05, 0.1) is 0 Å². The highest BCUT2D eigenvalue weighted by molar-refractivity contribution is 5.10. The molecule has 0 amide bonds. The topological polar surface area (TPSA) is 3.24 Å². The Kier molecular flexibility index (Phi) is 4.24. The highest BCUT2D eigenvalue weighted by Crippen LogP contribution is 2.35. The molecule has 1 heteroatoms. The summed E-state index contributed by atoms with van der Waals surface area (Å²) < 4.78 is 0. The third-order valence-electron chi connectivity index (χ3n) is 3.08. The van der Waals surface area contributed by atoms with Crippen molar-refractivity contribution >= 4 is 0 Å². The van der Waals surface area contributed by atoms with Crippen LogP contribution in [-0.4, -0.2) is 18.5 Å². The normalized spacial score (nSPS) is 18.1. The van der Waals surface area contributed by atoms with E-state index in [4.69, 9.17) is 0 Å². The summed E-state index contributed by atoms with van der Waals surface area (Å²) in [7, 11) is 2.23. The third kappa shape index (κ3) is 4.27. The minimum atomic E-state index is 0.290. The van der Waals surface area contributed by atoms with Crippen LogP contribution in [0.2, 0.25) is 0 Å². The van der Waals surface area contributed by atoms with Gasteiger partial charge in [-0.1, -0.05) is 33.8 Å². The van der Waals surface area contributed by atoms with Gasteiger partial charge in [0.1, 0.15) is 0 Å². The second kappa shape index (κ2) is 5.05. The zero-order chi connectivity index (χ0) is 11.5. The highest BCUT2D eigenvalue weighted by atomic mass is 15.1. The van der Waals surface area contributed by atoms with Gasteiger partial charge >= 0.3 is 0 Å². The highest BCUT2D eigenvalue weighted by Gasteiger charge is 2.23. The lowest BCUT2D eigenvalue weighted by Crippen LogP contribution is -2.27. The Balaban J connectivity index is 2.62. The lowest BCUT2D eigenvalue weighted by Gasteiger charge is -2.32. The van der Waals surface area contributed by atoms with E-state index in [-0.39, 0.29) is 0 Å². The Labute approximate surface area is 95.5 Å². The van der Waals surface area contributed by atoms with Gasteiger partial charge in [-0.15, -0.1) is 0 Å². The maximum Gasteiger partial charge on any atom is 0.0169 e. The molecule has 0 bridgehead atoms. The SMILES string of the molecule is CCCN(C)/C(=C\CC1CC1)C(C)(C)C. The van der Waals surface area contributed by atoms with Crippen LogP contribution >= 0.6 is 0 Å². The van der Waals surface area contributed by atoms with Gasteiger partial charge in [-0.25, -0.2) is 0 Å². The number of rotatable bonds is 5. The molecule has 1 aliphatic carbocycles. The first-order valence-electron chi connectivity index (χ1n) is 6.37. The molecular formula is C14H27N. The smallest absolute Gasteiger partial charge is 0.0169 e. The van der Waals surface area contributed by atoms with Crippen LogP contribution in [0.4, 0.5) is 0 Å². The van der Waals surface area contributed by atoms with Crippen molar-refractivity contribution in [3.05, 3.63) is 11.8 Å². The molecule has 0 N–H and O–H groups in total. The van der Waals surface area contributed by atoms with E-state index >= 15 is 0 Å². The van der Waals surface area contributed by atoms with E-state index in [0.717, 1.165) is 5.92 Å². The largest absolute Gasteiger partial charge is 0.378 e. The fraction of sp³-hybridized carbons (Fsp3) is 0.857. The van der Waals surface area contributed by atoms with Gasteiger partial charge in [-0.3, -0.25) is 0 Å². The van der Waals surface area contributed by atoms with Gasteiger partial charge in [-0.2, -0.15) is 0 Å². The first kappa shape index (κ1) is 12.6. The first-order valence-corrected chi connectivity index (χ1v) is 6.37. The average molecular weight is 209 g/mol. The lowest BCUT2D eigenvalue weighted by molar-refractivity contribution is 0.308. The molecule has 0 saturated heterocycles. The zero-order valence-corrected chi connectivity index (χ0v) is 11.1. The maximum atomic E-state index is 2.48. The summed E-state index contributed by atoms with van der Waals surface area (Å²) in [5.74, 6) is 0.998. The van der Waals surface area contributed by atoms with Crippen LogP contribution in [0, 0.1) is 11.3 Å². The Morgan fingerprint density at radius 1 is 1.33 bits per heavy atom. The van der Waals surface area contributed by atoms with E-state index in [9.17, 15) is 0 Å². The Bertz CT molecular complexity index is 218. The first-order chi connectivity index (χ1) is 6.95. The molecule has 88 valence electrons. The van der Waals surface area contributed by atoms with E-state index in [1.54, 1.807) is 0 Å². The van der Waals surface area contributed by atoms with Gasteiger partial charge < -0.3 is 4.90 Å². The molecule has 0 aromatic heterocycles. The third-order valence-corrected chi connectivity index (χ3v) is 3.08. The quantitative estimate of drug-likeness (QED) is 0.660. The molecule has 0 aliphatic heterocycles. The number of hydrogen-bond acceptors (Lipinski definition) is 1.